The smallest absolute Gasteiger partial charge is 0.274 e. The number of aryl methyl sites for hydroxylation is 1. The molecule has 0 saturated carbocycles. The van der Waals surface area contributed by atoms with Crippen LogP contribution in [0.25, 0.3) is 0 Å². The van der Waals surface area contributed by atoms with Crippen LogP contribution in [-0.4, -0.2) is 39.4 Å². The summed E-state index contributed by atoms with van der Waals surface area (Å²) in [4.78, 5) is 27.4. The summed E-state index contributed by atoms with van der Waals surface area (Å²) < 4.78 is 0. The predicted molar refractivity (Wildman–Crippen MR) is 94.7 cm³/mol. The fourth-order valence-electron chi connectivity index (χ4n) is 4.07. The Labute approximate surface area is 147 Å². The molecule has 1 aromatic carbocycles. The second-order valence-electron chi connectivity index (χ2n) is 7.02. The number of H-pyrrole nitrogens is 1. The van der Waals surface area contributed by atoms with Crippen molar-refractivity contribution in [3.63, 3.8) is 0 Å². The van der Waals surface area contributed by atoms with Crippen LogP contribution in [0.15, 0.2) is 30.3 Å². The quantitative estimate of drug-likeness (QED) is 0.872. The summed E-state index contributed by atoms with van der Waals surface area (Å²) in [7, 11) is 0. The highest BCUT2D eigenvalue weighted by molar-refractivity contribution is 5.98. The van der Waals surface area contributed by atoms with Crippen molar-refractivity contribution in [3.8, 4) is 0 Å². The zero-order valence-electron chi connectivity index (χ0n) is 14.3. The van der Waals surface area contributed by atoms with Crippen molar-refractivity contribution < 1.29 is 9.59 Å². The third kappa shape index (κ3) is 3.11. The normalized spacial score (nSPS) is 19.7. The van der Waals surface area contributed by atoms with Crippen LogP contribution in [0.3, 0.4) is 0 Å². The molecule has 1 aromatic heterocycles. The van der Waals surface area contributed by atoms with E-state index in [-0.39, 0.29) is 17.7 Å². The number of fused-ring (bicyclic) bond motifs is 1. The Morgan fingerprint density at radius 2 is 1.92 bits per heavy atom. The van der Waals surface area contributed by atoms with Crippen LogP contribution in [-0.2, 0) is 12.8 Å². The summed E-state index contributed by atoms with van der Waals surface area (Å²) in [6, 6.07) is 9.32. The summed E-state index contributed by atoms with van der Waals surface area (Å²) in [6.07, 6.45) is 6.40. The van der Waals surface area contributed by atoms with Crippen molar-refractivity contribution in [1.82, 2.24) is 15.1 Å². The molecule has 5 nitrogen and oxygen atoms in total. The first-order valence-corrected chi connectivity index (χ1v) is 9.19. The first-order chi connectivity index (χ1) is 12.2. The van der Waals surface area contributed by atoms with Crippen LogP contribution in [0.4, 0.5) is 0 Å². The van der Waals surface area contributed by atoms with Gasteiger partial charge in [-0.15, -0.1) is 0 Å². The lowest BCUT2D eigenvalue weighted by atomic mass is 9.95. The van der Waals surface area contributed by atoms with Gasteiger partial charge >= 0.3 is 0 Å². The van der Waals surface area contributed by atoms with E-state index in [4.69, 9.17) is 0 Å². The molecular weight excluding hydrogens is 314 g/mol. The lowest BCUT2D eigenvalue weighted by Crippen LogP contribution is -2.37. The van der Waals surface area contributed by atoms with E-state index < -0.39 is 0 Å². The number of carbonyl (C=O) groups excluding carboxylic acids is 2. The molecule has 1 atom stereocenters. The number of amides is 1. The summed E-state index contributed by atoms with van der Waals surface area (Å²) in [5, 5.41) is 7.36. The van der Waals surface area contributed by atoms with Crippen molar-refractivity contribution in [2.24, 2.45) is 0 Å². The van der Waals surface area contributed by atoms with Crippen LogP contribution in [0.2, 0.25) is 0 Å². The maximum atomic E-state index is 13.0. The van der Waals surface area contributed by atoms with E-state index >= 15 is 0 Å². The molecule has 5 heteroatoms. The fourth-order valence-corrected chi connectivity index (χ4v) is 4.07. The summed E-state index contributed by atoms with van der Waals surface area (Å²) >= 11 is 0. The molecule has 0 radical (unpaired) electrons. The molecule has 4 rings (SSSR count). The first kappa shape index (κ1) is 16.1. The van der Waals surface area contributed by atoms with Gasteiger partial charge in [0, 0.05) is 35.8 Å². The Morgan fingerprint density at radius 3 is 2.76 bits per heavy atom. The molecule has 1 aliphatic carbocycles. The van der Waals surface area contributed by atoms with Gasteiger partial charge in [-0.05, 0) is 38.5 Å². The van der Waals surface area contributed by atoms with Crippen molar-refractivity contribution >= 4 is 11.7 Å². The van der Waals surface area contributed by atoms with Gasteiger partial charge in [0.05, 0.1) is 0 Å². The van der Waals surface area contributed by atoms with E-state index in [2.05, 4.69) is 10.2 Å². The summed E-state index contributed by atoms with van der Waals surface area (Å²) in [5.74, 6) is 0.0946. The highest BCUT2D eigenvalue weighted by Gasteiger charge is 2.34. The topological polar surface area (TPSA) is 66.1 Å². The number of Topliss-reactive ketones (excluding diaryl/α,β-unsaturated/α-hetero) is 1. The van der Waals surface area contributed by atoms with Crippen molar-refractivity contribution in [2.75, 3.05) is 6.54 Å². The van der Waals surface area contributed by atoms with Gasteiger partial charge < -0.3 is 4.90 Å². The minimum absolute atomic E-state index is 0.0113. The summed E-state index contributed by atoms with van der Waals surface area (Å²) in [5.41, 5.74) is 3.51. The number of ketones is 1. The van der Waals surface area contributed by atoms with E-state index in [0.29, 0.717) is 18.7 Å². The fraction of sp³-hybridized carbons (Fsp3) is 0.450. The van der Waals surface area contributed by atoms with Crippen LogP contribution in [0.5, 0.6) is 0 Å². The van der Waals surface area contributed by atoms with Crippen LogP contribution in [0.1, 0.15) is 64.2 Å². The van der Waals surface area contributed by atoms with Crippen LogP contribution >= 0.6 is 0 Å². The van der Waals surface area contributed by atoms with Crippen molar-refractivity contribution in [1.29, 1.82) is 0 Å². The Hall–Kier alpha value is -2.43. The number of nitrogens with one attached hydrogen (secondary N) is 1. The van der Waals surface area contributed by atoms with Crippen molar-refractivity contribution in [3.05, 3.63) is 52.8 Å². The standard InChI is InChI=1S/C20H23N3O2/c24-18(14-7-2-1-3-8-14)13-15-9-6-12-23(15)20(25)19-16-10-4-5-11-17(16)21-22-19/h1-3,7-8,15H,4-6,9-13H2,(H,21,22)/t15-/m1/s1. The van der Waals surface area contributed by atoms with E-state index in [9.17, 15) is 9.59 Å². The van der Waals surface area contributed by atoms with Gasteiger partial charge in [-0.25, -0.2) is 0 Å². The Balaban J connectivity index is 1.50. The highest BCUT2D eigenvalue weighted by atomic mass is 16.2. The maximum Gasteiger partial charge on any atom is 0.274 e. The number of rotatable bonds is 4. The van der Waals surface area contributed by atoms with Gasteiger partial charge in [0.1, 0.15) is 0 Å². The maximum absolute atomic E-state index is 13.0. The van der Waals surface area contributed by atoms with E-state index in [1.54, 1.807) is 0 Å². The molecule has 1 aliphatic heterocycles. The first-order valence-electron chi connectivity index (χ1n) is 9.19. The van der Waals surface area contributed by atoms with Gasteiger partial charge in [-0.1, -0.05) is 30.3 Å². The lowest BCUT2D eigenvalue weighted by molar-refractivity contribution is 0.0710. The van der Waals surface area contributed by atoms with Gasteiger partial charge in [-0.3, -0.25) is 14.7 Å². The third-order valence-corrected chi connectivity index (χ3v) is 5.41. The molecule has 0 spiro atoms. The second kappa shape index (κ2) is 6.82. The third-order valence-electron chi connectivity index (χ3n) is 5.41. The number of benzene rings is 1. The molecule has 2 aromatic rings. The lowest BCUT2D eigenvalue weighted by Gasteiger charge is -2.24. The number of aromatic amines is 1. The van der Waals surface area contributed by atoms with Gasteiger partial charge in [-0.2, -0.15) is 5.10 Å². The van der Waals surface area contributed by atoms with Gasteiger partial charge in [0.2, 0.25) is 0 Å². The predicted octanol–water partition coefficient (Wildman–Crippen LogP) is 3.17. The molecule has 130 valence electrons. The Morgan fingerprint density at radius 1 is 1.12 bits per heavy atom. The molecule has 1 amide bonds. The van der Waals surface area contributed by atoms with Crippen molar-refractivity contribution in [2.45, 2.75) is 51.0 Å². The molecule has 1 N–H and O–H groups in total. The zero-order valence-corrected chi connectivity index (χ0v) is 14.3. The summed E-state index contributed by atoms with van der Waals surface area (Å²) in [6.45, 7) is 0.715. The molecule has 2 heterocycles. The number of nitrogens with zero attached hydrogens (tertiary/aromatic N) is 2. The van der Waals surface area contributed by atoms with Crippen LogP contribution < -0.4 is 0 Å². The second-order valence-corrected chi connectivity index (χ2v) is 7.02. The van der Waals surface area contributed by atoms with E-state index in [0.717, 1.165) is 55.3 Å². The molecule has 25 heavy (non-hydrogen) atoms. The average Bonchev–Trinajstić information content (AvgIpc) is 3.29. The number of hydrogen-bond donors (Lipinski definition) is 1. The minimum atomic E-state index is -0.0175. The molecule has 0 bridgehead atoms. The van der Waals surface area contributed by atoms with E-state index in [1.165, 1.54) is 0 Å². The average molecular weight is 337 g/mol. The highest BCUT2D eigenvalue weighted by Crippen LogP contribution is 2.27. The monoisotopic (exact) mass is 337 g/mol. The van der Waals surface area contributed by atoms with Crippen LogP contribution in [0, 0.1) is 0 Å². The van der Waals surface area contributed by atoms with E-state index in [1.807, 2.05) is 35.2 Å². The number of aromatic nitrogens is 2. The Bertz CT molecular complexity index is 781. The minimum Gasteiger partial charge on any atom is -0.334 e. The SMILES string of the molecule is O=C(C[C@H]1CCCN1C(=O)c1n[nH]c2c1CCCC2)c1ccccc1. The van der Waals surface area contributed by atoms with Gasteiger partial charge in [0.25, 0.3) is 5.91 Å². The number of hydrogen-bond acceptors (Lipinski definition) is 3. The molecule has 2 aliphatic rings. The zero-order chi connectivity index (χ0) is 17.2. The number of carbonyl (C=O) groups is 2. The molecule has 1 saturated heterocycles. The largest absolute Gasteiger partial charge is 0.334 e. The molecular formula is C20H23N3O2. The molecule has 0 unspecified atom stereocenters. The van der Waals surface area contributed by atoms with Gasteiger partial charge in [0.15, 0.2) is 11.5 Å². The number of likely N-dealkylation sites (tertiary alicyclic amines) is 1. The Kier molecular flexibility index (Phi) is 4.38. The molecule has 1 fully saturated rings.